The van der Waals surface area contributed by atoms with Crippen molar-refractivity contribution in [2.45, 2.75) is 0 Å². The highest BCUT2D eigenvalue weighted by atomic mass is 32.1. The summed E-state index contributed by atoms with van der Waals surface area (Å²) in [6.45, 7) is 0. The Bertz CT molecular complexity index is 1990. The summed E-state index contributed by atoms with van der Waals surface area (Å²) in [5, 5.41) is 4.95. The Balaban J connectivity index is 1.53. The molecule has 5 aromatic carbocycles. The third-order valence-corrected chi connectivity index (χ3v) is 8.04. The molecule has 0 atom stereocenters. The van der Waals surface area contributed by atoms with Crippen LogP contribution in [-0.4, -0.2) is 9.55 Å². The molecule has 0 radical (unpaired) electrons. The van der Waals surface area contributed by atoms with Crippen LogP contribution in [-0.2, 0) is 0 Å². The molecule has 0 aliphatic rings. The van der Waals surface area contributed by atoms with Gasteiger partial charge in [0.1, 0.15) is 5.52 Å². The van der Waals surface area contributed by atoms with E-state index >= 15 is 0 Å². The maximum atomic E-state index is 6.24. The number of hydrogen-bond donors (Lipinski definition) is 0. The molecule has 3 heterocycles. The number of thiophene rings is 1. The van der Waals surface area contributed by atoms with Gasteiger partial charge in [0, 0.05) is 31.8 Å². The van der Waals surface area contributed by atoms with E-state index in [4.69, 9.17) is 9.40 Å². The Hall–Kier alpha value is -4.41. The average Bonchev–Trinajstić information content (AvgIpc) is 3.60. The van der Waals surface area contributed by atoms with Crippen LogP contribution >= 0.6 is 11.3 Å². The molecule has 8 aromatic rings. The quantitative estimate of drug-likeness (QED) is 0.255. The number of hydrogen-bond acceptors (Lipinski definition) is 3. The number of oxazole rings is 1. The van der Waals surface area contributed by atoms with E-state index < -0.39 is 0 Å². The van der Waals surface area contributed by atoms with E-state index in [1.807, 2.05) is 35.6 Å². The van der Waals surface area contributed by atoms with Gasteiger partial charge < -0.3 is 8.98 Å². The molecule has 0 spiro atoms. The monoisotopic (exact) mass is 466 g/mol. The molecule has 0 saturated heterocycles. The van der Waals surface area contributed by atoms with Crippen molar-refractivity contribution in [1.29, 1.82) is 0 Å². The molecule has 3 aromatic heterocycles. The summed E-state index contributed by atoms with van der Waals surface area (Å²) in [6.07, 6.45) is 0. The maximum Gasteiger partial charge on any atom is 0.227 e. The molecule has 0 unspecified atom stereocenters. The van der Waals surface area contributed by atoms with Crippen molar-refractivity contribution in [3.63, 3.8) is 0 Å². The summed E-state index contributed by atoms with van der Waals surface area (Å²) in [4.78, 5) is 4.84. The topological polar surface area (TPSA) is 31.0 Å². The van der Waals surface area contributed by atoms with Crippen LogP contribution in [0, 0.1) is 0 Å². The standard InChI is InChI=1S/C31H18N2OS/c1-5-13-24-19(9-1)20-10-2-6-14-25(20)33(24)26-18-17-22(31-32-23-12-4-7-15-27(23)34-31)29-21-11-3-8-16-28(21)35-30(26)29/h1-18H. The van der Waals surface area contributed by atoms with Gasteiger partial charge in [0.25, 0.3) is 0 Å². The fraction of sp³-hybridized carbons (Fsp3) is 0. The van der Waals surface area contributed by atoms with E-state index in [2.05, 4.69) is 89.5 Å². The lowest BCUT2D eigenvalue weighted by Crippen LogP contribution is -1.94. The molecule has 0 fully saturated rings. The van der Waals surface area contributed by atoms with Gasteiger partial charge in [0.05, 0.1) is 21.4 Å². The van der Waals surface area contributed by atoms with Crippen LogP contribution in [0.1, 0.15) is 0 Å². The van der Waals surface area contributed by atoms with Gasteiger partial charge in [-0.25, -0.2) is 4.98 Å². The number of nitrogens with zero attached hydrogens (tertiary/aromatic N) is 2. The van der Waals surface area contributed by atoms with Crippen LogP contribution in [0.4, 0.5) is 0 Å². The summed E-state index contributed by atoms with van der Waals surface area (Å²) >= 11 is 1.83. The third-order valence-electron chi connectivity index (χ3n) is 6.85. The molecule has 35 heavy (non-hydrogen) atoms. The van der Waals surface area contributed by atoms with Crippen LogP contribution in [0.2, 0.25) is 0 Å². The summed E-state index contributed by atoms with van der Waals surface area (Å²) in [6, 6.07) is 38.3. The summed E-state index contributed by atoms with van der Waals surface area (Å²) < 4.78 is 11.1. The highest BCUT2D eigenvalue weighted by molar-refractivity contribution is 7.26. The first-order chi connectivity index (χ1) is 17.4. The highest BCUT2D eigenvalue weighted by Crippen LogP contribution is 2.45. The Morgan fingerprint density at radius 1 is 0.629 bits per heavy atom. The number of rotatable bonds is 2. The van der Waals surface area contributed by atoms with Crippen molar-refractivity contribution in [3.05, 3.63) is 109 Å². The van der Waals surface area contributed by atoms with Gasteiger partial charge in [0.15, 0.2) is 5.58 Å². The predicted molar refractivity (Wildman–Crippen MR) is 147 cm³/mol. The molecule has 0 aliphatic carbocycles. The second-order valence-corrected chi connectivity index (χ2v) is 9.84. The zero-order chi connectivity index (χ0) is 22.9. The van der Waals surface area contributed by atoms with E-state index in [1.54, 1.807) is 0 Å². The van der Waals surface area contributed by atoms with Crippen molar-refractivity contribution < 1.29 is 4.42 Å². The minimum absolute atomic E-state index is 0.661. The van der Waals surface area contributed by atoms with Crippen molar-refractivity contribution in [3.8, 4) is 17.1 Å². The van der Waals surface area contributed by atoms with Crippen LogP contribution < -0.4 is 0 Å². The molecule has 0 N–H and O–H groups in total. The molecule has 4 heteroatoms. The average molecular weight is 467 g/mol. The summed E-state index contributed by atoms with van der Waals surface area (Å²) in [5.74, 6) is 0.661. The summed E-state index contributed by atoms with van der Waals surface area (Å²) in [7, 11) is 0. The normalized spacial score (nSPS) is 12.0. The van der Waals surface area contributed by atoms with Gasteiger partial charge in [-0.15, -0.1) is 11.3 Å². The van der Waals surface area contributed by atoms with Gasteiger partial charge in [-0.1, -0.05) is 66.7 Å². The number of benzene rings is 5. The van der Waals surface area contributed by atoms with Crippen LogP contribution in [0.15, 0.2) is 114 Å². The lowest BCUT2D eigenvalue weighted by Gasteiger charge is -2.11. The Labute approximate surface area is 204 Å². The van der Waals surface area contributed by atoms with Crippen molar-refractivity contribution in [2.24, 2.45) is 0 Å². The Morgan fingerprint density at radius 2 is 1.29 bits per heavy atom. The van der Waals surface area contributed by atoms with Gasteiger partial charge in [-0.3, -0.25) is 0 Å². The van der Waals surface area contributed by atoms with Gasteiger partial charge in [-0.05, 0) is 42.5 Å². The van der Waals surface area contributed by atoms with E-state index in [9.17, 15) is 0 Å². The third kappa shape index (κ3) is 2.63. The number of para-hydroxylation sites is 4. The van der Waals surface area contributed by atoms with E-state index in [1.165, 1.54) is 47.7 Å². The van der Waals surface area contributed by atoms with Crippen LogP contribution in [0.25, 0.3) is 70.2 Å². The minimum Gasteiger partial charge on any atom is -0.436 e. The van der Waals surface area contributed by atoms with Gasteiger partial charge >= 0.3 is 0 Å². The Kier molecular flexibility index (Phi) is 3.82. The predicted octanol–water partition coefficient (Wildman–Crippen LogP) is 8.96. The smallest absolute Gasteiger partial charge is 0.227 e. The van der Waals surface area contributed by atoms with Crippen molar-refractivity contribution in [2.75, 3.05) is 0 Å². The zero-order valence-corrected chi connectivity index (χ0v) is 19.4. The first-order valence-electron chi connectivity index (χ1n) is 11.7. The molecule has 3 nitrogen and oxygen atoms in total. The molecule has 164 valence electrons. The molecular formula is C31H18N2OS. The molecule has 0 bridgehead atoms. The molecule has 0 saturated carbocycles. The summed E-state index contributed by atoms with van der Waals surface area (Å²) in [5.41, 5.74) is 6.31. The molecule has 0 amide bonds. The van der Waals surface area contributed by atoms with Crippen molar-refractivity contribution >= 4 is 64.4 Å². The van der Waals surface area contributed by atoms with Crippen LogP contribution in [0.3, 0.4) is 0 Å². The van der Waals surface area contributed by atoms with Gasteiger partial charge in [-0.2, -0.15) is 0 Å². The molecule has 8 rings (SSSR count). The maximum absolute atomic E-state index is 6.24. The lowest BCUT2D eigenvalue weighted by molar-refractivity contribution is 0.620. The minimum atomic E-state index is 0.661. The second-order valence-electron chi connectivity index (χ2n) is 8.79. The fourth-order valence-corrected chi connectivity index (χ4v) is 6.57. The lowest BCUT2D eigenvalue weighted by atomic mass is 10.0. The van der Waals surface area contributed by atoms with Gasteiger partial charge in [0.2, 0.25) is 5.89 Å². The molecule has 0 aliphatic heterocycles. The number of fused-ring (bicyclic) bond motifs is 7. The zero-order valence-electron chi connectivity index (χ0n) is 18.6. The van der Waals surface area contributed by atoms with Crippen molar-refractivity contribution in [1.82, 2.24) is 9.55 Å². The largest absolute Gasteiger partial charge is 0.436 e. The van der Waals surface area contributed by atoms with E-state index in [0.29, 0.717) is 5.89 Å². The first-order valence-corrected chi connectivity index (χ1v) is 12.5. The van der Waals surface area contributed by atoms with Crippen LogP contribution in [0.5, 0.6) is 0 Å². The number of aromatic nitrogens is 2. The first kappa shape index (κ1) is 19.0. The molecular weight excluding hydrogens is 448 g/mol. The fourth-order valence-electron chi connectivity index (χ4n) is 5.34. The highest BCUT2D eigenvalue weighted by Gasteiger charge is 2.20. The Morgan fingerprint density at radius 3 is 2.06 bits per heavy atom. The van der Waals surface area contributed by atoms with E-state index in [-0.39, 0.29) is 0 Å². The SMILES string of the molecule is c1ccc2oc(-c3ccc(-n4c5ccccc5c5ccccc54)c4sc5ccccc5c34)nc2c1. The second kappa shape index (κ2) is 7.05. The van der Waals surface area contributed by atoms with E-state index in [0.717, 1.165) is 16.7 Å².